The van der Waals surface area contributed by atoms with Crippen molar-refractivity contribution in [3.05, 3.63) is 35.9 Å². The topological polar surface area (TPSA) is 64.6 Å². The maximum absolute atomic E-state index is 12.0. The number of aliphatic hydroxyl groups excluding tert-OH is 1. The molecule has 1 aliphatic heterocycles. The first kappa shape index (κ1) is 17.2. The number of nitrogens with one attached hydrogen (secondary N) is 2. The summed E-state index contributed by atoms with van der Waals surface area (Å²) in [5, 5.41) is 14.8. The van der Waals surface area contributed by atoms with Crippen LogP contribution in [0.25, 0.3) is 0 Å². The number of rotatable bonds is 6. The lowest BCUT2D eigenvalue weighted by molar-refractivity contribution is 0.202. The lowest BCUT2D eigenvalue weighted by Gasteiger charge is -2.33. The number of urea groups is 1. The van der Waals surface area contributed by atoms with Crippen molar-refractivity contribution in [3.8, 4) is 0 Å². The van der Waals surface area contributed by atoms with Crippen LogP contribution in [0.15, 0.2) is 30.3 Å². The van der Waals surface area contributed by atoms with Gasteiger partial charge >= 0.3 is 6.03 Å². The van der Waals surface area contributed by atoms with Crippen LogP contribution in [0.2, 0.25) is 0 Å². The summed E-state index contributed by atoms with van der Waals surface area (Å²) < 4.78 is 0. The lowest BCUT2D eigenvalue weighted by atomic mass is 9.78. The minimum absolute atomic E-state index is 0.0874. The molecular weight excluding hydrogens is 302 g/mol. The van der Waals surface area contributed by atoms with Crippen molar-refractivity contribution in [2.24, 2.45) is 11.8 Å². The third-order valence-electron chi connectivity index (χ3n) is 5.36. The van der Waals surface area contributed by atoms with E-state index in [9.17, 15) is 4.79 Å². The molecule has 2 fully saturated rings. The predicted octanol–water partition coefficient (Wildman–Crippen LogP) is 1.97. The van der Waals surface area contributed by atoms with E-state index in [2.05, 4.69) is 45.9 Å². The van der Waals surface area contributed by atoms with E-state index in [0.29, 0.717) is 24.8 Å². The third-order valence-corrected chi connectivity index (χ3v) is 5.36. The fraction of sp³-hybridized carbons (Fsp3) is 0.632. The van der Waals surface area contributed by atoms with Crippen LogP contribution in [-0.4, -0.2) is 48.3 Å². The molecule has 1 saturated heterocycles. The molecule has 0 unspecified atom stereocenters. The number of hydrogen-bond acceptors (Lipinski definition) is 3. The molecule has 1 aliphatic carbocycles. The van der Waals surface area contributed by atoms with Gasteiger partial charge in [0.15, 0.2) is 0 Å². The van der Waals surface area contributed by atoms with Gasteiger partial charge in [0.2, 0.25) is 0 Å². The highest BCUT2D eigenvalue weighted by Crippen LogP contribution is 2.36. The Morgan fingerprint density at radius 1 is 1.21 bits per heavy atom. The minimum atomic E-state index is -0.0874. The number of likely N-dealkylation sites (tertiary alicyclic amines) is 1. The first-order chi connectivity index (χ1) is 11.8. The summed E-state index contributed by atoms with van der Waals surface area (Å²) in [4.78, 5) is 14.6. The largest absolute Gasteiger partial charge is 0.396 e. The molecule has 0 bridgehead atoms. The molecule has 0 spiro atoms. The molecule has 5 heteroatoms. The van der Waals surface area contributed by atoms with Gasteiger partial charge in [-0.1, -0.05) is 36.8 Å². The molecule has 24 heavy (non-hydrogen) atoms. The number of carbonyl (C=O) groups excluding carboxylic acids is 1. The molecule has 1 saturated carbocycles. The highest BCUT2D eigenvalue weighted by atomic mass is 16.3. The molecule has 0 aromatic heterocycles. The first-order valence-corrected chi connectivity index (χ1v) is 9.18. The third kappa shape index (κ3) is 4.48. The van der Waals surface area contributed by atoms with Crippen LogP contribution in [-0.2, 0) is 6.54 Å². The monoisotopic (exact) mass is 331 g/mol. The van der Waals surface area contributed by atoms with E-state index in [-0.39, 0.29) is 18.7 Å². The molecule has 1 heterocycles. The highest BCUT2D eigenvalue weighted by molar-refractivity contribution is 5.74. The van der Waals surface area contributed by atoms with Gasteiger partial charge in [-0.2, -0.15) is 0 Å². The second kappa shape index (κ2) is 8.49. The Labute approximate surface area is 144 Å². The molecule has 132 valence electrons. The molecule has 3 rings (SSSR count). The Kier molecular flexibility index (Phi) is 6.10. The van der Waals surface area contributed by atoms with E-state index < -0.39 is 0 Å². The summed E-state index contributed by atoms with van der Waals surface area (Å²) in [6.45, 7) is 3.86. The number of nitrogens with zero attached hydrogens (tertiary/aromatic N) is 1. The normalized spacial score (nSPS) is 26.8. The van der Waals surface area contributed by atoms with Gasteiger partial charge in [-0.05, 0) is 36.7 Å². The van der Waals surface area contributed by atoms with Gasteiger partial charge in [-0.15, -0.1) is 0 Å². The highest BCUT2D eigenvalue weighted by Gasteiger charge is 2.40. The van der Waals surface area contributed by atoms with Crippen LogP contribution >= 0.6 is 0 Å². The zero-order chi connectivity index (χ0) is 16.8. The summed E-state index contributed by atoms with van der Waals surface area (Å²) in [6, 6.07) is 10.8. The fourth-order valence-corrected chi connectivity index (χ4v) is 4.21. The van der Waals surface area contributed by atoms with Gasteiger partial charge in [-0.3, -0.25) is 4.90 Å². The number of fused-ring (bicyclic) bond motifs is 1. The Morgan fingerprint density at radius 3 is 2.83 bits per heavy atom. The Balaban J connectivity index is 1.52. The zero-order valence-electron chi connectivity index (χ0n) is 14.3. The van der Waals surface area contributed by atoms with Gasteiger partial charge in [0.25, 0.3) is 0 Å². The summed E-state index contributed by atoms with van der Waals surface area (Å²) in [6.07, 6.45) is 4.16. The van der Waals surface area contributed by atoms with Crippen LogP contribution in [0.4, 0.5) is 4.79 Å². The predicted molar refractivity (Wildman–Crippen MR) is 94.6 cm³/mol. The summed E-state index contributed by atoms with van der Waals surface area (Å²) in [5.41, 5.74) is 1.36. The van der Waals surface area contributed by atoms with Crippen molar-refractivity contribution in [3.63, 3.8) is 0 Å². The first-order valence-electron chi connectivity index (χ1n) is 9.18. The maximum atomic E-state index is 12.0. The number of hydrogen-bond donors (Lipinski definition) is 3. The van der Waals surface area contributed by atoms with Gasteiger partial charge in [-0.25, -0.2) is 4.79 Å². The Hall–Kier alpha value is -1.59. The van der Waals surface area contributed by atoms with Crippen molar-refractivity contribution in [2.45, 2.75) is 38.3 Å². The van der Waals surface area contributed by atoms with Crippen LogP contribution in [0, 0.1) is 11.8 Å². The van der Waals surface area contributed by atoms with E-state index in [4.69, 9.17) is 5.11 Å². The standard InChI is InChI=1S/C19H29N3O2/c23-11-5-10-20-19(24)21-18-9-4-8-16-13-22(14-17(16)18)12-15-6-2-1-3-7-15/h1-3,6-7,16-18,23H,4-5,8-14H2,(H2,20,21,24)/t16-,17-,18-/m1/s1. The van der Waals surface area contributed by atoms with Crippen molar-refractivity contribution in [1.29, 1.82) is 0 Å². The molecule has 1 aromatic carbocycles. The average molecular weight is 331 g/mol. The second-order valence-electron chi connectivity index (χ2n) is 7.12. The number of benzene rings is 1. The molecule has 2 aliphatic rings. The van der Waals surface area contributed by atoms with Gasteiger partial charge in [0, 0.05) is 38.8 Å². The summed E-state index contributed by atoms with van der Waals surface area (Å²) >= 11 is 0. The molecule has 3 atom stereocenters. The van der Waals surface area contributed by atoms with Crippen molar-refractivity contribution in [1.82, 2.24) is 15.5 Å². The van der Waals surface area contributed by atoms with E-state index in [1.165, 1.54) is 18.4 Å². The minimum Gasteiger partial charge on any atom is -0.396 e. The number of amides is 2. The van der Waals surface area contributed by atoms with E-state index in [1.807, 2.05) is 0 Å². The van der Waals surface area contributed by atoms with Crippen LogP contribution < -0.4 is 10.6 Å². The van der Waals surface area contributed by atoms with Crippen molar-refractivity contribution in [2.75, 3.05) is 26.2 Å². The van der Waals surface area contributed by atoms with Crippen molar-refractivity contribution >= 4 is 6.03 Å². The molecule has 1 aromatic rings. The fourth-order valence-electron chi connectivity index (χ4n) is 4.21. The van der Waals surface area contributed by atoms with Gasteiger partial charge in [0.05, 0.1) is 0 Å². The SMILES string of the molecule is O=C(NCCCO)N[C@@H]1CCC[C@@H]2CN(Cc3ccccc3)C[C@H]21. The van der Waals surface area contributed by atoms with Crippen molar-refractivity contribution < 1.29 is 9.90 Å². The number of carbonyl (C=O) groups is 1. The van der Waals surface area contributed by atoms with Gasteiger partial charge in [0.1, 0.15) is 0 Å². The maximum Gasteiger partial charge on any atom is 0.315 e. The van der Waals surface area contributed by atoms with E-state index in [0.717, 1.165) is 26.1 Å². The Bertz CT molecular complexity index is 523. The average Bonchev–Trinajstić information content (AvgIpc) is 2.99. The molecule has 2 amide bonds. The van der Waals surface area contributed by atoms with Crippen LogP contribution in [0.5, 0.6) is 0 Å². The number of aliphatic hydroxyl groups is 1. The Morgan fingerprint density at radius 2 is 2.04 bits per heavy atom. The molecule has 5 nitrogen and oxygen atoms in total. The van der Waals surface area contributed by atoms with Gasteiger partial charge < -0.3 is 15.7 Å². The summed E-state index contributed by atoms with van der Waals surface area (Å²) in [7, 11) is 0. The molecule has 3 N–H and O–H groups in total. The van der Waals surface area contributed by atoms with E-state index in [1.54, 1.807) is 0 Å². The summed E-state index contributed by atoms with van der Waals surface area (Å²) in [5.74, 6) is 1.26. The second-order valence-corrected chi connectivity index (χ2v) is 7.12. The molecular formula is C19H29N3O2. The van der Waals surface area contributed by atoms with Crippen LogP contribution in [0.1, 0.15) is 31.2 Å². The lowest BCUT2D eigenvalue weighted by Crippen LogP contribution is -2.49. The quantitative estimate of drug-likeness (QED) is 0.698. The van der Waals surface area contributed by atoms with E-state index >= 15 is 0 Å². The van der Waals surface area contributed by atoms with Crippen LogP contribution in [0.3, 0.4) is 0 Å². The molecule has 0 radical (unpaired) electrons. The smallest absolute Gasteiger partial charge is 0.315 e. The zero-order valence-corrected chi connectivity index (χ0v) is 14.3.